The van der Waals surface area contributed by atoms with Gasteiger partial charge in [-0.05, 0) is 13.3 Å². The summed E-state index contributed by atoms with van der Waals surface area (Å²) in [5.41, 5.74) is 0. The van der Waals surface area contributed by atoms with E-state index < -0.39 is 6.10 Å². The number of unbranched alkanes of at least 4 members (excludes halogenated alkanes) is 1. The molecule has 0 N–H and O–H groups in total. The highest BCUT2D eigenvalue weighted by Gasteiger charge is 2.33. The van der Waals surface area contributed by atoms with Crippen LogP contribution in [-0.4, -0.2) is 17.9 Å². The Bertz CT molecular complexity index is 317. The lowest BCUT2D eigenvalue weighted by molar-refractivity contribution is -0.142. The maximum Gasteiger partial charge on any atom is 0.311 e. The van der Waals surface area contributed by atoms with Gasteiger partial charge in [-0.15, -0.1) is 0 Å². The van der Waals surface area contributed by atoms with Crippen LogP contribution >= 0.6 is 0 Å². The van der Waals surface area contributed by atoms with Crippen molar-refractivity contribution in [3.8, 4) is 0 Å². The second-order valence-corrected chi connectivity index (χ2v) is 3.81. The number of esters is 1. The first-order valence-corrected chi connectivity index (χ1v) is 5.74. The molecule has 0 fully saturated rings. The number of allylic oxidation sites excluding steroid dienone is 1. The number of ether oxygens (including phenoxy) is 2. The van der Waals surface area contributed by atoms with Gasteiger partial charge in [0.2, 0.25) is 11.5 Å². The van der Waals surface area contributed by atoms with Gasteiger partial charge in [0.05, 0.1) is 0 Å². The molecule has 0 spiro atoms. The number of rotatable bonds is 5. The maximum absolute atomic E-state index is 11.6. The molecular formula is C12H18O4. The van der Waals surface area contributed by atoms with Crippen LogP contribution in [0, 0.1) is 0 Å². The normalized spacial score (nSPS) is 19.9. The molecule has 1 atom stereocenters. The van der Waals surface area contributed by atoms with Crippen molar-refractivity contribution in [1.82, 2.24) is 0 Å². The second-order valence-electron chi connectivity index (χ2n) is 3.81. The van der Waals surface area contributed by atoms with E-state index in [1.807, 2.05) is 13.8 Å². The number of ketones is 1. The van der Waals surface area contributed by atoms with Gasteiger partial charge in [0.1, 0.15) is 5.76 Å². The van der Waals surface area contributed by atoms with Gasteiger partial charge in [-0.1, -0.05) is 20.3 Å². The number of Topliss-reactive ketones (excluding diaryl/α,β-unsaturated/α-hetero) is 1. The Hall–Kier alpha value is -1.32. The predicted octanol–water partition coefficient (Wildman–Crippen LogP) is 2.33. The number of hydrogen-bond acceptors (Lipinski definition) is 4. The van der Waals surface area contributed by atoms with E-state index >= 15 is 0 Å². The van der Waals surface area contributed by atoms with Crippen molar-refractivity contribution in [2.75, 3.05) is 0 Å². The molecule has 0 amide bonds. The third-order valence-corrected chi connectivity index (χ3v) is 2.44. The van der Waals surface area contributed by atoms with E-state index in [4.69, 9.17) is 9.47 Å². The molecule has 1 rings (SSSR count). The Labute approximate surface area is 95.6 Å². The monoisotopic (exact) mass is 226 g/mol. The SMILES string of the molecule is CCCCC(=O)OC1=C(CC)OC(C)C1=O. The van der Waals surface area contributed by atoms with Gasteiger partial charge in [-0.3, -0.25) is 9.59 Å². The van der Waals surface area contributed by atoms with Crippen molar-refractivity contribution in [2.24, 2.45) is 0 Å². The molecule has 0 bridgehead atoms. The summed E-state index contributed by atoms with van der Waals surface area (Å²) in [6.07, 6.45) is 2.09. The molecule has 0 saturated carbocycles. The first-order chi connectivity index (χ1) is 7.60. The summed E-state index contributed by atoms with van der Waals surface area (Å²) >= 11 is 0. The highest BCUT2D eigenvalue weighted by Crippen LogP contribution is 2.25. The number of carbonyl (C=O) groups excluding carboxylic acids is 2. The smallest absolute Gasteiger partial charge is 0.311 e. The molecule has 90 valence electrons. The largest absolute Gasteiger partial charge is 0.483 e. The van der Waals surface area contributed by atoms with Crippen molar-refractivity contribution in [1.29, 1.82) is 0 Å². The second kappa shape index (κ2) is 5.68. The molecule has 0 aromatic rings. The van der Waals surface area contributed by atoms with Crippen molar-refractivity contribution < 1.29 is 19.1 Å². The van der Waals surface area contributed by atoms with Crippen LogP contribution in [0.2, 0.25) is 0 Å². The molecule has 0 aliphatic carbocycles. The Balaban J connectivity index is 2.63. The van der Waals surface area contributed by atoms with E-state index in [1.165, 1.54) is 0 Å². The van der Waals surface area contributed by atoms with Crippen molar-refractivity contribution in [2.45, 2.75) is 52.6 Å². The lowest BCUT2D eigenvalue weighted by Gasteiger charge is -2.03. The average molecular weight is 226 g/mol. The Kier molecular flexibility index (Phi) is 4.52. The molecule has 0 aromatic heterocycles. The fourth-order valence-electron chi connectivity index (χ4n) is 1.48. The molecule has 4 heteroatoms. The zero-order chi connectivity index (χ0) is 12.1. The topological polar surface area (TPSA) is 52.6 Å². The van der Waals surface area contributed by atoms with Gasteiger partial charge >= 0.3 is 5.97 Å². The fraction of sp³-hybridized carbons (Fsp3) is 0.667. The molecule has 1 heterocycles. The molecule has 16 heavy (non-hydrogen) atoms. The summed E-state index contributed by atoms with van der Waals surface area (Å²) in [5.74, 6) is 0.00833. The molecule has 0 radical (unpaired) electrons. The van der Waals surface area contributed by atoms with Gasteiger partial charge in [0.15, 0.2) is 6.10 Å². The number of hydrogen-bond donors (Lipinski definition) is 0. The standard InChI is InChI=1S/C12H18O4/c1-4-6-7-10(13)16-12-9(5-2)15-8(3)11(12)14/h8H,4-7H2,1-3H3. The maximum atomic E-state index is 11.6. The minimum Gasteiger partial charge on any atom is -0.483 e. The third-order valence-electron chi connectivity index (χ3n) is 2.44. The van der Waals surface area contributed by atoms with Crippen LogP contribution in [0.25, 0.3) is 0 Å². The van der Waals surface area contributed by atoms with Crippen molar-refractivity contribution in [3.05, 3.63) is 11.5 Å². The van der Waals surface area contributed by atoms with Crippen LogP contribution < -0.4 is 0 Å². The van der Waals surface area contributed by atoms with E-state index in [2.05, 4.69) is 0 Å². The summed E-state index contributed by atoms with van der Waals surface area (Å²) in [5, 5.41) is 0. The van der Waals surface area contributed by atoms with Crippen LogP contribution in [0.5, 0.6) is 0 Å². The van der Waals surface area contributed by atoms with Gasteiger partial charge in [-0.2, -0.15) is 0 Å². The Morgan fingerprint density at radius 2 is 2.12 bits per heavy atom. The Morgan fingerprint density at radius 1 is 1.44 bits per heavy atom. The van der Waals surface area contributed by atoms with Gasteiger partial charge < -0.3 is 9.47 Å². The lowest BCUT2D eigenvalue weighted by atomic mass is 10.2. The zero-order valence-corrected chi connectivity index (χ0v) is 10.0. The van der Waals surface area contributed by atoms with Crippen molar-refractivity contribution in [3.63, 3.8) is 0 Å². The summed E-state index contributed by atoms with van der Waals surface area (Å²) in [6.45, 7) is 5.52. The zero-order valence-electron chi connectivity index (χ0n) is 10.0. The van der Waals surface area contributed by atoms with Crippen molar-refractivity contribution >= 4 is 11.8 Å². The quantitative estimate of drug-likeness (QED) is 0.675. The molecule has 1 aliphatic heterocycles. The molecule has 0 saturated heterocycles. The molecule has 1 aliphatic rings. The third kappa shape index (κ3) is 2.84. The summed E-state index contributed by atoms with van der Waals surface area (Å²) in [4.78, 5) is 23.0. The highest BCUT2D eigenvalue weighted by atomic mass is 16.6. The average Bonchev–Trinajstić information content (AvgIpc) is 2.54. The van der Waals surface area contributed by atoms with Gasteiger partial charge in [0.25, 0.3) is 0 Å². The molecule has 4 nitrogen and oxygen atoms in total. The van der Waals surface area contributed by atoms with Crippen LogP contribution in [0.15, 0.2) is 11.5 Å². The van der Waals surface area contributed by atoms with Gasteiger partial charge in [0, 0.05) is 12.8 Å². The fourth-order valence-corrected chi connectivity index (χ4v) is 1.48. The molecule has 1 unspecified atom stereocenters. The van der Waals surface area contributed by atoms with E-state index in [9.17, 15) is 9.59 Å². The minimum absolute atomic E-state index is 0.108. The van der Waals surface area contributed by atoms with Crippen LogP contribution in [0.3, 0.4) is 0 Å². The van der Waals surface area contributed by atoms with Crippen LogP contribution in [0.1, 0.15) is 46.5 Å². The minimum atomic E-state index is -0.524. The van der Waals surface area contributed by atoms with E-state index in [1.54, 1.807) is 6.92 Å². The first-order valence-electron chi connectivity index (χ1n) is 5.74. The first kappa shape index (κ1) is 12.7. The molecule has 0 aromatic carbocycles. The molecular weight excluding hydrogens is 208 g/mol. The summed E-state index contributed by atoms with van der Waals surface area (Å²) in [7, 11) is 0. The highest BCUT2D eigenvalue weighted by molar-refractivity contribution is 6.00. The van der Waals surface area contributed by atoms with Crippen LogP contribution in [-0.2, 0) is 19.1 Å². The predicted molar refractivity (Wildman–Crippen MR) is 58.5 cm³/mol. The van der Waals surface area contributed by atoms with E-state index in [0.29, 0.717) is 18.6 Å². The van der Waals surface area contributed by atoms with E-state index in [0.717, 1.165) is 12.8 Å². The lowest BCUT2D eigenvalue weighted by Crippen LogP contribution is -2.16. The van der Waals surface area contributed by atoms with Gasteiger partial charge in [-0.25, -0.2) is 0 Å². The Morgan fingerprint density at radius 3 is 2.69 bits per heavy atom. The number of carbonyl (C=O) groups is 2. The van der Waals surface area contributed by atoms with E-state index in [-0.39, 0.29) is 17.5 Å². The summed E-state index contributed by atoms with van der Waals surface area (Å²) in [6, 6.07) is 0. The summed E-state index contributed by atoms with van der Waals surface area (Å²) < 4.78 is 10.4. The van der Waals surface area contributed by atoms with Crippen LogP contribution in [0.4, 0.5) is 0 Å².